The number of anilines is 2. The lowest BCUT2D eigenvalue weighted by Gasteiger charge is -2.23. The van der Waals surface area contributed by atoms with Gasteiger partial charge in [-0.2, -0.15) is 0 Å². The van der Waals surface area contributed by atoms with Crippen molar-refractivity contribution in [2.75, 3.05) is 17.2 Å². The molecule has 5 heteroatoms. The van der Waals surface area contributed by atoms with Crippen molar-refractivity contribution in [3.05, 3.63) is 47.2 Å². The average Bonchev–Trinajstić information content (AvgIpc) is 2.58. The Hall–Kier alpha value is -1.81. The summed E-state index contributed by atoms with van der Waals surface area (Å²) in [4.78, 5) is 8.63. The van der Waals surface area contributed by atoms with Crippen molar-refractivity contribution < 1.29 is 0 Å². The molecule has 0 aliphatic heterocycles. The Morgan fingerprint density at radius 2 is 1.74 bits per heavy atom. The maximum absolute atomic E-state index is 5.90. The first-order chi connectivity index (χ1) is 11.3. The van der Waals surface area contributed by atoms with Crippen LogP contribution < -0.4 is 10.6 Å². The highest BCUT2D eigenvalue weighted by atomic mass is 35.5. The zero-order valence-electron chi connectivity index (χ0n) is 13.3. The maximum atomic E-state index is 5.90. The van der Waals surface area contributed by atoms with Crippen molar-refractivity contribution in [3.8, 4) is 0 Å². The highest BCUT2D eigenvalue weighted by Crippen LogP contribution is 2.21. The number of aromatic nitrogens is 2. The number of hydrogen-bond donors (Lipinski definition) is 2. The van der Waals surface area contributed by atoms with E-state index in [9.17, 15) is 0 Å². The SMILES string of the molecule is Clc1ccc(CCNc2cc(NC3CCCCC3)ncn2)cc1. The Kier molecular flexibility index (Phi) is 5.70. The van der Waals surface area contributed by atoms with E-state index in [-0.39, 0.29) is 0 Å². The molecule has 1 aliphatic rings. The van der Waals surface area contributed by atoms with E-state index >= 15 is 0 Å². The molecule has 4 nitrogen and oxygen atoms in total. The zero-order valence-corrected chi connectivity index (χ0v) is 14.0. The summed E-state index contributed by atoms with van der Waals surface area (Å²) in [6, 6.07) is 10.5. The summed E-state index contributed by atoms with van der Waals surface area (Å²) in [5.41, 5.74) is 1.26. The normalized spacial score (nSPS) is 15.3. The van der Waals surface area contributed by atoms with E-state index in [1.165, 1.54) is 37.7 Å². The van der Waals surface area contributed by atoms with Crippen LogP contribution in [0.15, 0.2) is 36.7 Å². The second-order valence-electron chi connectivity index (χ2n) is 6.07. The molecule has 3 rings (SSSR count). The van der Waals surface area contributed by atoms with Crippen LogP contribution in [0.25, 0.3) is 0 Å². The number of rotatable bonds is 6. The largest absolute Gasteiger partial charge is 0.370 e. The Balaban J connectivity index is 1.49. The highest BCUT2D eigenvalue weighted by Gasteiger charge is 2.13. The van der Waals surface area contributed by atoms with E-state index in [2.05, 4.69) is 32.7 Å². The van der Waals surface area contributed by atoms with Crippen LogP contribution in [0.3, 0.4) is 0 Å². The Bertz CT molecular complexity index is 609. The van der Waals surface area contributed by atoms with Gasteiger partial charge in [-0.1, -0.05) is 43.0 Å². The topological polar surface area (TPSA) is 49.8 Å². The zero-order chi connectivity index (χ0) is 15.9. The predicted molar refractivity (Wildman–Crippen MR) is 96.2 cm³/mol. The fourth-order valence-electron chi connectivity index (χ4n) is 2.97. The summed E-state index contributed by atoms with van der Waals surface area (Å²) in [6.45, 7) is 0.835. The lowest BCUT2D eigenvalue weighted by Crippen LogP contribution is -2.23. The van der Waals surface area contributed by atoms with Crippen molar-refractivity contribution in [2.45, 2.75) is 44.6 Å². The summed E-state index contributed by atoms with van der Waals surface area (Å²) < 4.78 is 0. The van der Waals surface area contributed by atoms with E-state index in [0.29, 0.717) is 6.04 Å². The predicted octanol–water partition coefficient (Wildman–Crippen LogP) is 4.53. The fourth-order valence-corrected chi connectivity index (χ4v) is 3.10. The summed E-state index contributed by atoms with van der Waals surface area (Å²) in [6.07, 6.45) is 9.03. The van der Waals surface area contributed by atoms with Gasteiger partial charge in [0.15, 0.2) is 0 Å². The Morgan fingerprint density at radius 1 is 1.00 bits per heavy atom. The highest BCUT2D eigenvalue weighted by molar-refractivity contribution is 6.30. The van der Waals surface area contributed by atoms with E-state index in [1.807, 2.05) is 18.2 Å². The average molecular weight is 331 g/mol. The molecule has 0 radical (unpaired) electrons. The molecule has 23 heavy (non-hydrogen) atoms. The molecule has 0 unspecified atom stereocenters. The standard InChI is InChI=1S/C18H23ClN4/c19-15-8-6-14(7-9-15)10-11-20-17-12-18(22-13-21-17)23-16-4-2-1-3-5-16/h6-9,12-13,16H,1-5,10-11H2,(H2,20,21,22,23). The van der Waals surface area contributed by atoms with E-state index in [1.54, 1.807) is 6.33 Å². The van der Waals surface area contributed by atoms with Gasteiger partial charge in [0.05, 0.1) is 0 Å². The van der Waals surface area contributed by atoms with Gasteiger partial charge in [-0.15, -0.1) is 0 Å². The minimum atomic E-state index is 0.556. The maximum Gasteiger partial charge on any atom is 0.131 e. The van der Waals surface area contributed by atoms with Gasteiger partial charge in [-0.25, -0.2) is 9.97 Å². The smallest absolute Gasteiger partial charge is 0.131 e. The van der Waals surface area contributed by atoms with Crippen molar-refractivity contribution in [2.24, 2.45) is 0 Å². The molecular formula is C18H23ClN4. The number of hydrogen-bond acceptors (Lipinski definition) is 4. The third-order valence-corrected chi connectivity index (χ3v) is 4.51. The third-order valence-electron chi connectivity index (χ3n) is 4.26. The first-order valence-electron chi connectivity index (χ1n) is 8.36. The van der Waals surface area contributed by atoms with Gasteiger partial charge in [0.2, 0.25) is 0 Å². The molecule has 1 aliphatic carbocycles. The van der Waals surface area contributed by atoms with Crippen LogP contribution in [-0.2, 0) is 6.42 Å². The fraction of sp³-hybridized carbons (Fsp3) is 0.444. The molecule has 1 aromatic heterocycles. The van der Waals surface area contributed by atoms with Gasteiger partial charge in [-0.3, -0.25) is 0 Å². The van der Waals surface area contributed by atoms with E-state index in [4.69, 9.17) is 11.6 Å². The number of halogens is 1. The Morgan fingerprint density at radius 3 is 2.52 bits per heavy atom. The van der Waals surface area contributed by atoms with Crippen LogP contribution in [0, 0.1) is 0 Å². The van der Waals surface area contributed by atoms with Crippen molar-refractivity contribution in [1.82, 2.24) is 9.97 Å². The minimum Gasteiger partial charge on any atom is -0.370 e. The van der Waals surface area contributed by atoms with Gasteiger partial charge in [0.1, 0.15) is 18.0 Å². The van der Waals surface area contributed by atoms with Crippen molar-refractivity contribution in [3.63, 3.8) is 0 Å². The molecule has 0 amide bonds. The molecule has 0 saturated heterocycles. The molecule has 1 heterocycles. The number of nitrogens with zero attached hydrogens (tertiary/aromatic N) is 2. The van der Waals surface area contributed by atoms with Crippen LogP contribution in [-0.4, -0.2) is 22.6 Å². The molecule has 1 fully saturated rings. The van der Waals surface area contributed by atoms with Gasteiger partial charge < -0.3 is 10.6 Å². The summed E-state index contributed by atoms with van der Waals surface area (Å²) in [5.74, 6) is 1.79. The van der Waals surface area contributed by atoms with Crippen LogP contribution in [0.1, 0.15) is 37.7 Å². The first kappa shape index (κ1) is 16.1. The van der Waals surface area contributed by atoms with Gasteiger partial charge in [0, 0.05) is 23.7 Å². The summed E-state index contributed by atoms with van der Waals surface area (Å²) >= 11 is 5.90. The molecular weight excluding hydrogens is 308 g/mol. The third kappa shape index (κ3) is 5.10. The van der Waals surface area contributed by atoms with Crippen molar-refractivity contribution in [1.29, 1.82) is 0 Å². The van der Waals surface area contributed by atoms with Gasteiger partial charge in [-0.05, 0) is 37.0 Å². The molecule has 2 N–H and O–H groups in total. The van der Waals surface area contributed by atoms with Crippen LogP contribution in [0.2, 0.25) is 5.02 Å². The number of nitrogens with one attached hydrogen (secondary N) is 2. The van der Waals surface area contributed by atoms with Gasteiger partial charge >= 0.3 is 0 Å². The second kappa shape index (κ2) is 8.16. The summed E-state index contributed by atoms with van der Waals surface area (Å²) in [7, 11) is 0. The molecule has 0 spiro atoms. The molecule has 0 bridgehead atoms. The number of benzene rings is 1. The lowest BCUT2D eigenvalue weighted by atomic mass is 9.95. The molecule has 122 valence electrons. The lowest BCUT2D eigenvalue weighted by molar-refractivity contribution is 0.462. The minimum absolute atomic E-state index is 0.556. The molecule has 2 aromatic rings. The van der Waals surface area contributed by atoms with Crippen LogP contribution in [0.4, 0.5) is 11.6 Å². The van der Waals surface area contributed by atoms with Crippen LogP contribution in [0.5, 0.6) is 0 Å². The Labute approximate surface area is 142 Å². The van der Waals surface area contributed by atoms with Crippen LogP contribution >= 0.6 is 11.6 Å². The molecule has 0 atom stereocenters. The second-order valence-corrected chi connectivity index (χ2v) is 6.51. The first-order valence-corrected chi connectivity index (χ1v) is 8.74. The van der Waals surface area contributed by atoms with Gasteiger partial charge in [0.25, 0.3) is 0 Å². The monoisotopic (exact) mass is 330 g/mol. The molecule has 1 aromatic carbocycles. The summed E-state index contributed by atoms with van der Waals surface area (Å²) in [5, 5.41) is 7.67. The van der Waals surface area contributed by atoms with E-state index < -0.39 is 0 Å². The van der Waals surface area contributed by atoms with Crippen molar-refractivity contribution >= 4 is 23.2 Å². The molecule has 1 saturated carbocycles. The quantitative estimate of drug-likeness (QED) is 0.817. The van der Waals surface area contributed by atoms with E-state index in [0.717, 1.165) is 29.6 Å².